The van der Waals surface area contributed by atoms with Crippen LogP contribution in [0.15, 0.2) is 24.3 Å². The van der Waals surface area contributed by atoms with Crippen LogP contribution in [0.25, 0.3) is 0 Å². The molecule has 5 aliphatic carbocycles. The van der Waals surface area contributed by atoms with Crippen LogP contribution in [0, 0.1) is 56.7 Å². The lowest BCUT2D eigenvalue weighted by atomic mass is 9.33. The normalized spacial score (nSPS) is 55.0. The number of hydrogen-bond donors (Lipinski definition) is 1. The topological polar surface area (TPSA) is 20.2 Å². The molecule has 5 rings (SSSR count). The zero-order valence-electron chi connectivity index (χ0n) is 21.3. The van der Waals surface area contributed by atoms with Gasteiger partial charge in [0.1, 0.15) is 0 Å². The minimum Gasteiger partial charge on any atom is -0.396 e. The molecule has 1 heteroatoms. The number of rotatable bonds is 2. The minimum absolute atomic E-state index is 0.174. The standard InChI is InChI=1S/C30H48O/c1-20(2)21-11-16-30(19-31)18-17-28(6)22(25(21)30)9-10-24-27(5)14-8-13-26(3,4)23(27)12-15-29(24,28)7/h8,13,21-25,31H,1,9-12,14-19H2,2-7H3/t21?,22?,23?,24?,25?,27-,28+,29+,30+/m0/s1. The Hall–Kier alpha value is -0.560. The van der Waals surface area contributed by atoms with E-state index < -0.39 is 0 Å². The van der Waals surface area contributed by atoms with E-state index in [1.54, 1.807) is 0 Å². The molecule has 4 fully saturated rings. The van der Waals surface area contributed by atoms with Gasteiger partial charge in [-0.1, -0.05) is 58.9 Å². The highest BCUT2D eigenvalue weighted by molar-refractivity contribution is 5.23. The van der Waals surface area contributed by atoms with Gasteiger partial charge in [0.15, 0.2) is 0 Å². The summed E-state index contributed by atoms with van der Waals surface area (Å²) in [6.07, 6.45) is 16.9. The monoisotopic (exact) mass is 424 g/mol. The predicted molar refractivity (Wildman–Crippen MR) is 131 cm³/mol. The van der Waals surface area contributed by atoms with Gasteiger partial charge in [0.05, 0.1) is 0 Å². The van der Waals surface area contributed by atoms with Crippen LogP contribution < -0.4 is 0 Å². The second-order valence-electron chi connectivity index (χ2n) is 14.1. The van der Waals surface area contributed by atoms with Gasteiger partial charge in [0.25, 0.3) is 0 Å². The molecule has 4 saturated carbocycles. The fourth-order valence-corrected chi connectivity index (χ4v) is 11.2. The van der Waals surface area contributed by atoms with E-state index in [1.807, 2.05) is 0 Å². The Bertz CT molecular complexity index is 792. The summed E-state index contributed by atoms with van der Waals surface area (Å²) >= 11 is 0. The van der Waals surface area contributed by atoms with Gasteiger partial charge in [-0.25, -0.2) is 0 Å². The summed E-state index contributed by atoms with van der Waals surface area (Å²) in [5.41, 5.74) is 3.15. The average molecular weight is 425 g/mol. The quantitative estimate of drug-likeness (QED) is 0.448. The van der Waals surface area contributed by atoms with E-state index in [9.17, 15) is 5.11 Å². The van der Waals surface area contributed by atoms with E-state index in [-0.39, 0.29) is 5.41 Å². The molecule has 5 unspecified atom stereocenters. The molecule has 0 heterocycles. The average Bonchev–Trinajstić information content (AvgIpc) is 3.08. The molecule has 0 amide bonds. The Balaban J connectivity index is 1.56. The molecule has 0 aliphatic heterocycles. The predicted octanol–water partition coefficient (Wildman–Crippen LogP) is 7.80. The van der Waals surface area contributed by atoms with Crippen molar-refractivity contribution in [1.29, 1.82) is 0 Å². The Kier molecular flexibility index (Phi) is 4.84. The lowest BCUT2D eigenvalue weighted by Crippen LogP contribution is -2.65. The van der Waals surface area contributed by atoms with Gasteiger partial charge in [0, 0.05) is 6.61 Å². The number of fused-ring (bicyclic) bond motifs is 7. The minimum atomic E-state index is 0.174. The van der Waals surface area contributed by atoms with Crippen molar-refractivity contribution in [2.45, 2.75) is 99.3 Å². The van der Waals surface area contributed by atoms with E-state index in [0.29, 0.717) is 40.1 Å². The van der Waals surface area contributed by atoms with Gasteiger partial charge in [-0.3, -0.25) is 0 Å². The second-order valence-corrected chi connectivity index (χ2v) is 14.1. The van der Waals surface area contributed by atoms with Crippen molar-refractivity contribution in [3.8, 4) is 0 Å². The third-order valence-electron chi connectivity index (χ3n) is 12.8. The molecule has 1 N–H and O–H groups in total. The van der Waals surface area contributed by atoms with Gasteiger partial charge in [-0.15, -0.1) is 0 Å². The highest BCUT2D eigenvalue weighted by Crippen LogP contribution is 2.77. The Labute approximate surface area is 192 Å². The van der Waals surface area contributed by atoms with Gasteiger partial charge in [-0.2, -0.15) is 0 Å². The smallest absolute Gasteiger partial charge is 0.0490 e. The van der Waals surface area contributed by atoms with Gasteiger partial charge in [-0.05, 0) is 121 Å². The molecule has 0 aromatic rings. The van der Waals surface area contributed by atoms with E-state index >= 15 is 0 Å². The first-order chi connectivity index (χ1) is 14.5. The van der Waals surface area contributed by atoms with Crippen LogP contribution in [0.3, 0.4) is 0 Å². The van der Waals surface area contributed by atoms with E-state index in [0.717, 1.165) is 17.8 Å². The second kappa shape index (κ2) is 6.74. The fourth-order valence-electron chi connectivity index (χ4n) is 11.2. The van der Waals surface area contributed by atoms with Crippen molar-refractivity contribution in [3.05, 3.63) is 24.3 Å². The van der Waals surface area contributed by atoms with Gasteiger partial charge < -0.3 is 5.11 Å². The summed E-state index contributed by atoms with van der Waals surface area (Å²) in [6, 6.07) is 0. The molecule has 0 saturated heterocycles. The SMILES string of the molecule is C=C(C)C1CC[C@]2(CO)CC[C@]3(C)C(CCC4[C@@]5(C)CC=CC(C)(C)C5CC[C@]43C)C12. The fraction of sp³-hybridized carbons (Fsp3) is 0.867. The number of aliphatic hydroxyl groups excluding tert-OH is 1. The Morgan fingerprint density at radius 2 is 1.65 bits per heavy atom. The van der Waals surface area contributed by atoms with Crippen LogP contribution >= 0.6 is 0 Å². The molecule has 0 bridgehead atoms. The van der Waals surface area contributed by atoms with E-state index in [4.69, 9.17) is 0 Å². The van der Waals surface area contributed by atoms with Crippen LogP contribution in [0.4, 0.5) is 0 Å². The summed E-state index contributed by atoms with van der Waals surface area (Å²) in [5, 5.41) is 10.6. The van der Waals surface area contributed by atoms with Crippen molar-refractivity contribution in [3.63, 3.8) is 0 Å². The van der Waals surface area contributed by atoms with Crippen molar-refractivity contribution in [1.82, 2.24) is 0 Å². The van der Waals surface area contributed by atoms with Crippen LogP contribution in [0.5, 0.6) is 0 Å². The Morgan fingerprint density at radius 3 is 2.32 bits per heavy atom. The van der Waals surface area contributed by atoms with Crippen LogP contribution in [-0.2, 0) is 0 Å². The lowest BCUT2D eigenvalue weighted by molar-refractivity contribution is -0.229. The molecule has 5 aliphatic rings. The van der Waals surface area contributed by atoms with Crippen LogP contribution in [-0.4, -0.2) is 11.7 Å². The zero-order valence-corrected chi connectivity index (χ0v) is 21.3. The maximum absolute atomic E-state index is 10.6. The largest absolute Gasteiger partial charge is 0.396 e. The van der Waals surface area contributed by atoms with Crippen molar-refractivity contribution >= 4 is 0 Å². The third-order valence-corrected chi connectivity index (χ3v) is 12.8. The maximum atomic E-state index is 10.6. The molecule has 1 nitrogen and oxygen atoms in total. The number of hydrogen-bond acceptors (Lipinski definition) is 1. The van der Waals surface area contributed by atoms with E-state index in [2.05, 4.69) is 60.3 Å². The van der Waals surface area contributed by atoms with Gasteiger partial charge >= 0.3 is 0 Å². The van der Waals surface area contributed by atoms with E-state index in [1.165, 1.54) is 63.4 Å². The number of aliphatic hydroxyl groups is 1. The number of allylic oxidation sites excluding steroid dienone is 3. The lowest BCUT2D eigenvalue weighted by Gasteiger charge is -2.72. The highest BCUT2D eigenvalue weighted by atomic mass is 16.3. The molecule has 0 aromatic carbocycles. The Morgan fingerprint density at radius 1 is 0.903 bits per heavy atom. The summed E-state index contributed by atoms with van der Waals surface area (Å²) in [4.78, 5) is 0. The molecule has 9 atom stereocenters. The maximum Gasteiger partial charge on any atom is 0.0490 e. The molecular formula is C30H48O. The van der Waals surface area contributed by atoms with Crippen molar-refractivity contribution < 1.29 is 5.11 Å². The van der Waals surface area contributed by atoms with Gasteiger partial charge in [0.2, 0.25) is 0 Å². The first-order valence-corrected chi connectivity index (χ1v) is 13.4. The molecule has 31 heavy (non-hydrogen) atoms. The van der Waals surface area contributed by atoms with Crippen molar-refractivity contribution in [2.24, 2.45) is 56.7 Å². The molecule has 0 spiro atoms. The first kappa shape index (κ1) is 22.2. The molecule has 0 radical (unpaired) electrons. The summed E-state index contributed by atoms with van der Waals surface area (Å²) in [5.74, 6) is 3.68. The van der Waals surface area contributed by atoms with Crippen molar-refractivity contribution in [2.75, 3.05) is 6.61 Å². The first-order valence-electron chi connectivity index (χ1n) is 13.4. The summed E-state index contributed by atoms with van der Waals surface area (Å²) < 4.78 is 0. The molecule has 0 aromatic heterocycles. The van der Waals surface area contributed by atoms with Crippen LogP contribution in [0.1, 0.15) is 99.3 Å². The molecule has 174 valence electrons. The highest BCUT2D eigenvalue weighted by Gasteiger charge is 2.69. The summed E-state index contributed by atoms with van der Waals surface area (Å²) in [7, 11) is 0. The third kappa shape index (κ3) is 2.65. The summed E-state index contributed by atoms with van der Waals surface area (Å²) in [6.45, 7) is 20.2. The zero-order chi connectivity index (χ0) is 22.4. The molecular weight excluding hydrogens is 376 g/mol. The van der Waals surface area contributed by atoms with Crippen LogP contribution in [0.2, 0.25) is 0 Å².